The molecule has 10 atom stereocenters. The summed E-state index contributed by atoms with van der Waals surface area (Å²) in [6.45, 7) is 12.2. The van der Waals surface area contributed by atoms with Gasteiger partial charge in [0.05, 0.1) is 55.9 Å². The summed E-state index contributed by atoms with van der Waals surface area (Å²) in [6, 6.07) is 19.1. The quantitative estimate of drug-likeness (QED) is 0.0252. The van der Waals surface area contributed by atoms with Crippen LogP contribution >= 0.6 is 11.6 Å². The number of nitrogens with zero attached hydrogens (tertiary/aromatic N) is 2. The lowest BCUT2D eigenvalue weighted by Crippen LogP contribution is -2.48. The van der Waals surface area contributed by atoms with Gasteiger partial charge in [-0.15, -0.1) is 0 Å². The second-order valence-electron chi connectivity index (χ2n) is 21.2. The first kappa shape index (κ1) is 67.2. The van der Waals surface area contributed by atoms with E-state index in [2.05, 4.69) is 66.1 Å². The Bertz CT molecular complexity index is 2040. The predicted octanol–water partition coefficient (Wildman–Crippen LogP) is 9.74. The van der Waals surface area contributed by atoms with Crippen LogP contribution in [0.15, 0.2) is 103 Å². The number of carbonyl (C=O) groups excluding carboxylic acids is 1. The highest BCUT2D eigenvalue weighted by Gasteiger charge is 2.40. The van der Waals surface area contributed by atoms with Crippen molar-refractivity contribution >= 4 is 29.3 Å². The van der Waals surface area contributed by atoms with Crippen LogP contribution in [0.4, 0.5) is 0 Å². The number of ketones is 1. The second kappa shape index (κ2) is 38.5. The Morgan fingerprint density at radius 1 is 0.753 bits per heavy atom. The molecule has 5 rings (SSSR count). The topological polar surface area (TPSA) is 229 Å². The summed E-state index contributed by atoms with van der Waals surface area (Å²) in [5, 5.41) is 77.8. The Morgan fingerprint density at radius 2 is 1.36 bits per heavy atom. The molecule has 3 fully saturated rings. The molecule has 2 saturated carbocycles. The Morgan fingerprint density at radius 3 is 1.97 bits per heavy atom. The van der Waals surface area contributed by atoms with Crippen molar-refractivity contribution in [2.75, 3.05) is 52.5 Å². The number of carboxylic acids is 2. The highest BCUT2D eigenvalue weighted by atomic mass is 35.5. The fourth-order valence-electron chi connectivity index (χ4n) is 10.3. The lowest BCUT2D eigenvalue weighted by molar-refractivity contribution is -0.138. The van der Waals surface area contributed by atoms with Gasteiger partial charge in [-0.1, -0.05) is 155 Å². The van der Waals surface area contributed by atoms with E-state index in [0.29, 0.717) is 71.0 Å². The fraction of sp³-hybridized carbons (Fsp3) is 0.629. The van der Waals surface area contributed by atoms with Crippen LogP contribution in [0.25, 0.3) is 0 Å². The van der Waals surface area contributed by atoms with Crippen LogP contribution in [0.5, 0.6) is 0 Å². The van der Waals surface area contributed by atoms with E-state index < -0.39 is 42.0 Å². The number of hydrogen-bond acceptors (Lipinski definition) is 12. The molecule has 15 heteroatoms. The van der Waals surface area contributed by atoms with Gasteiger partial charge < -0.3 is 45.6 Å². The summed E-state index contributed by atoms with van der Waals surface area (Å²) < 4.78 is 5.39. The van der Waals surface area contributed by atoms with E-state index in [-0.39, 0.29) is 61.4 Å². The van der Waals surface area contributed by atoms with E-state index in [1.54, 1.807) is 25.2 Å². The number of halogens is 1. The van der Waals surface area contributed by atoms with Gasteiger partial charge in [0, 0.05) is 81.2 Å². The molecule has 2 aliphatic carbocycles. The predicted molar refractivity (Wildman–Crippen MR) is 306 cm³/mol. The third-order valence-corrected chi connectivity index (χ3v) is 15.0. The molecule has 1 heterocycles. The van der Waals surface area contributed by atoms with Gasteiger partial charge in [0.25, 0.3) is 0 Å². The van der Waals surface area contributed by atoms with E-state index in [4.69, 9.17) is 31.7 Å². The first-order valence-electron chi connectivity index (χ1n) is 28.5. The molecule has 2 aromatic carbocycles. The summed E-state index contributed by atoms with van der Waals surface area (Å²) in [5.74, 6) is -2.30. The molecule has 77 heavy (non-hydrogen) atoms. The maximum atomic E-state index is 12.1. The number of carbonyl (C=O) groups is 3. The zero-order valence-electron chi connectivity index (χ0n) is 46.4. The monoisotopic (exact) mass is 1090 g/mol. The minimum absolute atomic E-state index is 0.0535. The maximum absolute atomic E-state index is 12.1. The zero-order chi connectivity index (χ0) is 56.4. The number of ether oxygens (including phenoxy) is 1. The van der Waals surface area contributed by atoms with Gasteiger partial charge in [-0.3, -0.25) is 24.2 Å². The molecule has 0 aromatic heterocycles. The van der Waals surface area contributed by atoms with Gasteiger partial charge in [0.2, 0.25) is 0 Å². The molecular formula is C62H95ClN2O12. The lowest BCUT2D eigenvalue weighted by Gasteiger charge is -2.39. The number of carboxylic acid groups (broad SMARTS) is 2. The van der Waals surface area contributed by atoms with Gasteiger partial charge in [0.1, 0.15) is 5.78 Å². The number of piperazine rings is 1. The van der Waals surface area contributed by atoms with Crippen LogP contribution < -0.4 is 0 Å². The molecule has 8 N–H and O–H groups in total. The molecule has 1 unspecified atom stereocenters. The van der Waals surface area contributed by atoms with Crippen molar-refractivity contribution in [2.24, 2.45) is 23.7 Å². The SMILES string of the molecule is CCCCC[C@H](O)/C=C/[C@H]1[C@H](O)CC(=O)[C@@H]1C/C=C\CCCC(=O)O.CCCCC[C@](C)(O)/C=C/[C@@H]1[C@@H](C/C=C\CCCC(=O)O)[C@@H](O)C[C@H]1O.OCCOCCN1CCN(C(c2ccccc2)c2ccc(Cl)cc2)CC1. The van der Waals surface area contributed by atoms with E-state index in [1.165, 1.54) is 11.1 Å². The fourth-order valence-corrected chi connectivity index (χ4v) is 10.4. The Balaban J connectivity index is 0.000000304. The summed E-state index contributed by atoms with van der Waals surface area (Å²) in [4.78, 5) is 38.0. The number of aliphatic hydroxyl groups excluding tert-OH is 5. The summed E-state index contributed by atoms with van der Waals surface area (Å²) in [5.41, 5.74) is 1.70. The number of benzene rings is 2. The number of aliphatic carboxylic acids is 2. The average Bonchev–Trinajstić information content (AvgIpc) is 3.83. The van der Waals surface area contributed by atoms with Crippen molar-refractivity contribution in [3.05, 3.63) is 119 Å². The van der Waals surface area contributed by atoms with Crippen LogP contribution in [0, 0.1) is 23.7 Å². The molecule has 432 valence electrons. The van der Waals surface area contributed by atoms with E-state index >= 15 is 0 Å². The van der Waals surface area contributed by atoms with Gasteiger partial charge >= 0.3 is 11.9 Å². The van der Waals surface area contributed by atoms with Crippen LogP contribution in [0.3, 0.4) is 0 Å². The molecule has 1 aliphatic heterocycles. The minimum atomic E-state index is -0.889. The van der Waals surface area contributed by atoms with Crippen molar-refractivity contribution in [1.29, 1.82) is 0 Å². The molecule has 0 bridgehead atoms. The lowest BCUT2D eigenvalue weighted by atomic mass is 9.88. The van der Waals surface area contributed by atoms with Crippen LogP contribution in [-0.4, -0.2) is 151 Å². The molecule has 0 radical (unpaired) electrons. The highest BCUT2D eigenvalue weighted by Crippen LogP contribution is 2.37. The van der Waals surface area contributed by atoms with Gasteiger partial charge in [-0.2, -0.15) is 0 Å². The second-order valence-corrected chi connectivity index (χ2v) is 21.7. The van der Waals surface area contributed by atoms with Crippen molar-refractivity contribution in [2.45, 2.75) is 172 Å². The normalized spacial score (nSPS) is 23.8. The van der Waals surface area contributed by atoms with Crippen LogP contribution in [-0.2, 0) is 19.1 Å². The molecule has 14 nitrogen and oxygen atoms in total. The number of Topliss-reactive ketones (excluding diaryl/α,β-unsaturated/α-hetero) is 1. The summed E-state index contributed by atoms with van der Waals surface area (Å²) in [6.07, 6.45) is 24.8. The van der Waals surface area contributed by atoms with Crippen molar-refractivity contribution in [1.82, 2.24) is 9.80 Å². The van der Waals surface area contributed by atoms with Gasteiger partial charge in [0.15, 0.2) is 0 Å². The van der Waals surface area contributed by atoms with Crippen molar-refractivity contribution < 1.29 is 60.0 Å². The number of hydrogen-bond donors (Lipinski definition) is 8. The molecule has 0 amide bonds. The van der Waals surface area contributed by atoms with E-state index in [9.17, 15) is 39.9 Å². The Hall–Kier alpha value is -4.06. The molecule has 2 aromatic rings. The third-order valence-electron chi connectivity index (χ3n) is 14.8. The summed E-state index contributed by atoms with van der Waals surface area (Å²) in [7, 11) is 0. The third kappa shape index (κ3) is 27.1. The molecule has 3 aliphatic rings. The van der Waals surface area contributed by atoms with Crippen molar-refractivity contribution in [3.8, 4) is 0 Å². The molecule has 0 spiro atoms. The maximum Gasteiger partial charge on any atom is 0.303 e. The summed E-state index contributed by atoms with van der Waals surface area (Å²) >= 11 is 6.09. The largest absolute Gasteiger partial charge is 0.481 e. The van der Waals surface area contributed by atoms with Gasteiger partial charge in [-0.25, -0.2) is 0 Å². The van der Waals surface area contributed by atoms with E-state index in [0.717, 1.165) is 76.3 Å². The van der Waals surface area contributed by atoms with E-state index in [1.807, 2.05) is 42.5 Å². The van der Waals surface area contributed by atoms with Crippen molar-refractivity contribution in [3.63, 3.8) is 0 Å². The highest BCUT2D eigenvalue weighted by molar-refractivity contribution is 6.30. The Kier molecular flexibility index (Phi) is 33.6. The smallest absolute Gasteiger partial charge is 0.303 e. The van der Waals surface area contributed by atoms with Gasteiger partial charge in [-0.05, 0) is 87.5 Å². The minimum Gasteiger partial charge on any atom is -0.481 e. The standard InChI is InChI=1S/C21H27ClN2O2.C21H36O5.C20H32O5/c22-20-8-6-19(7-9-20)21(18-4-2-1-3-5-18)24-12-10-23(11-13-24)14-16-26-17-15-25;1-3-4-9-13-21(2,26)14-12-17-16(18(22)15-19(17)23)10-7-5-6-8-11-20(24)25;1-2-3-6-9-15(21)12-13-17-16(18(22)14-19(17)23)10-7-4-5-8-11-20(24)25/h1-9,21,25H,10-17H2;5,7,12,14,16-19,22-23,26H,3-4,6,8-11,13,15H2,1-2H3,(H,24,25);4,7,12-13,15-17,19,21,23H,2-3,5-6,8-11,14H2,1H3,(H,24,25)/b;7-5-,14-12+;7-4-,13-12+/t;16-,17-,18+,19-,21+;15-,16+,17+,19+/m.10/s1. The number of unbranched alkanes of at least 4 members (excludes halogenated alkanes) is 6. The molecule has 1 saturated heterocycles. The Labute approximate surface area is 465 Å². The number of rotatable bonds is 32. The average molecular weight is 1100 g/mol. The first-order valence-corrected chi connectivity index (χ1v) is 28.9. The number of allylic oxidation sites excluding steroid dienone is 4. The van der Waals surface area contributed by atoms with Crippen LogP contribution in [0.1, 0.15) is 154 Å². The molecular weight excluding hydrogens is 1000 g/mol. The van der Waals surface area contributed by atoms with Crippen LogP contribution in [0.2, 0.25) is 5.02 Å². The zero-order valence-corrected chi connectivity index (χ0v) is 47.1. The first-order chi connectivity index (χ1) is 37.0. The number of aliphatic hydroxyl groups is 6.